The van der Waals surface area contributed by atoms with Gasteiger partial charge in [0, 0.05) is 32.4 Å². The molecule has 1 fully saturated rings. The Hall–Kier alpha value is -1.70. The summed E-state index contributed by atoms with van der Waals surface area (Å²) in [5.41, 5.74) is 6.24. The molecule has 21 heavy (non-hydrogen) atoms. The second-order valence-electron chi connectivity index (χ2n) is 4.74. The Morgan fingerprint density at radius 3 is 2.90 bits per heavy atom. The van der Waals surface area contributed by atoms with Crippen molar-refractivity contribution in [3.63, 3.8) is 0 Å². The summed E-state index contributed by atoms with van der Waals surface area (Å²) in [6.45, 7) is 4.49. The van der Waals surface area contributed by atoms with Crippen LogP contribution in [0.4, 0.5) is 5.82 Å². The van der Waals surface area contributed by atoms with Crippen LogP contribution in [0.3, 0.4) is 0 Å². The van der Waals surface area contributed by atoms with Crippen LogP contribution >= 0.6 is 0 Å². The number of carbonyl (C=O) groups excluding carboxylic acids is 1. The lowest BCUT2D eigenvalue weighted by atomic mass is 10.2. The first kappa shape index (κ1) is 15.7. The van der Waals surface area contributed by atoms with Gasteiger partial charge >= 0.3 is 0 Å². The Morgan fingerprint density at radius 2 is 2.24 bits per heavy atom. The van der Waals surface area contributed by atoms with Crippen LogP contribution in [0.25, 0.3) is 0 Å². The lowest BCUT2D eigenvalue weighted by Crippen LogP contribution is -2.36. The molecule has 1 aliphatic rings. The van der Waals surface area contributed by atoms with Crippen LogP contribution in [0, 0.1) is 0 Å². The van der Waals surface area contributed by atoms with Gasteiger partial charge in [0.15, 0.2) is 0 Å². The van der Waals surface area contributed by atoms with Crippen LogP contribution in [0.15, 0.2) is 18.3 Å². The van der Waals surface area contributed by atoms with E-state index in [1.807, 2.05) is 12.1 Å². The predicted molar refractivity (Wildman–Crippen MR) is 79.0 cm³/mol. The number of morpholine rings is 1. The summed E-state index contributed by atoms with van der Waals surface area (Å²) in [6.07, 6.45) is 1.78. The van der Waals surface area contributed by atoms with Crippen molar-refractivity contribution in [2.45, 2.75) is 6.54 Å². The molecule has 0 atom stereocenters. The standard InChI is InChI=1S/C14H22N4O3/c15-3-6-21-11-14(19)17-10-12-1-2-13(16-9-12)18-4-7-20-8-5-18/h1-2,9H,3-8,10-11,15H2,(H,17,19). The summed E-state index contributed by atoms with van der Waals surface area (Å²) in [7, 11) is 0. The maximum atomic E-state index is 11.5. The van der Waals surface area contributed by atoms with Crippen molar-refractivity contribution in [2.24, 2.45) is 5.73 Å². The Labute approximate surface area is 124 Å². The normalized spacial score (nSPS) is 15.0. The molecule has 0 bridgehead atoms. The van der Waals surface area contributed by atoms with E-state index < -0.39 is 0 Å². The molecular formula is C14H22N4O3. The predicted octanol–water partition coefficient (Wildman–Crippen LogP) is -0.490. The molecule has 1 aromatic heterocycles. The van der Waals surface area contributed by atoms with E-state index in [1.165, 1.54) is 0 Å². The molecule has 3 N–H and O–H groups in total. The Balaban J connectivity index is 1.75. The summed E-state index contributed by atoms with van der Waals surface area (Å²) >= 11 is 0. The number of aromatic nitrogens is 1. The minimum atomic E-state index is -0.152. The zero-order valence-corrected chi connectivity index (χ0v) is 12.1. The second-order valence-corrected chi connectivity index (χ2v) is 4.74. The number of nitrogens with one attached hydrogen (secondary N) is 1. The van der Waals surface area contributed by atoms with Crippen molar-refractivity contribution in [3.8, 4) is 0 Å². The highest BCUT2D eigenvalue weighted by atomic mass is 16.5. The van der Waals surface area contributed by atoms with Gasteiger partial charge in [-0.25, -0.2) is 4.98 Å². The third-order valence-corrected chi connectivity index (χ3v) is 3.13. The molecule has 1 aliphatic heterocycles. The van der Waals surface area contributed by atoms with Crippen LogP contribution in [0.2, 0.25) is 0 Å². The molecule has 1 aromatic rings. The molecule has 2 rings (SSSR count). The quantitative estimate of drug-likeness (QED) is 0.660. The van der Waals surface area contributed by atoms with Gasteiger partial charge in [-0.05, 0) is 11.6 Å². The average Bonchev–Trinajstić information content (AvgIpc) is 2.54. The summed E-state index contributed by atoms with van der Waals surface area (Å²) in [5, 5.41) is 2.78. The van der Waals surface area contributed by atoms with Crippen molar-refractivity contribution in [1.82, 2.24) is 10.3 Å². The van der Waals surface area contributed by atoms with Gasteiger partial charge in [0.25, 0.3) is 0 Å². The molecule has 0 aromatic carbocycles. The van der Waals surface area contributed by atoms with Gasteiger partial charge in [0.1, 0.15) is 12.4 Å². The number of hydrogen-bond donors (Lipinski definition) is 2. The molecule has 0 aliphatic carbocycles. The first-order valence-electron chi connectivity index (χ1n) is 7.11. The van der Waals surface area contributed by atoms with Crippen molar-refractivity contribution < 1.29 is 14.3 Å². The average molecular weight is 294 g/mol. The molecule has 0 spiro atoms. The van der Waals surface area contributed by atoms with Gasteiger partial charge < -0.3 is 25.4 Å². The molecule has 7 nitrogen and oxygen atoms in total. The van der Waals surface area contributed by atoms with Crippen LogP contribution < -0.4 is 16.0 Å². The minimum Gasteiger partial charge on any atom is -0.378 e. The van der Waals surface area contributed by atoms with Crippen LogP contribution in [0.5, 0.6) is 0 Å². The van der Waals surface area contributed by atoms with Crippen LogP contribution in [-0.4, -0.2) is 57.0 Å². The highest BCUT2D eigenvalue weighted by Gasteiger charge is 2.12. The van der Waals surface area contributed by atoms with Crippen LogP contribution in [-0.2, 0) is 20.8 Å². The molecule has 2 heterocycles. The number of anilines is 1. The highest BCUT2D eigenvalue weighted by Crippen LogP contribution is 2.12. The van der Waals surface area contributed by atoms with E-state index in [0.29, 0.717) is 19.7 Å². The molecule has 1 saturated heterocycles. The number of carbonyl (C=O) groups is 1. The number of nitrogens with two attached hydrogens (primary N) is 1. The molecule has 116 valence electrons. The number of ether oxygens (including phenoxy) is 2. The topological polar surface area (TPSA) is 89.7 Å². The molecule has 1 amide bonds. The Kier molecular flexibility index (Phi) is 6.39. The van der Waals surface area contributed by atoms with Gasteiger partial charge in [-0.3, -0.25) is 4.79 Å². The third kappa shape index (κ3) is 5.30. The fourth-order valence-corrected chi connectivity index (χ4v) is 2.00. The number of amides is 1. The zero-order chi connectivity index (χ0) is 14.9. The smallest absolute Gasteiger partial charge is 0.246 e. The Bertz CT molecular complexity index is 432. The fraction of sp³-hybridized carbons (Fsp3) is 0.571. The molecular weight excluding hydrogens is 272 g/mol. The number of pyridine rings is 1. The summed E-state index contributed by atoms with van der Waals surface area (Å²) in [5.74, 6) is 0.792. The van der Waals surface area contributed by atoms with Crippen molar-refractivity contribution in [1.29, 1.82) is 0 Å². The monoisotopic (exact) mass is 294 g/mol. The number of nitrogens with zero attached hydrogens (tertiary/aromatic N) is 2. The van der Waals surface area contributed by atoms with E-state index in [9.17, 15) is 4.79 Å². The molecule has 0 radical (unpaired) electrons. The van der Waals surface area contributed by atoms with Crippen LogP contribution in [0.1, 0.15) is 5.56 Å². The zero-order valence-electron chi connectivity index (χ0n) is 12.1. The lowest BCUT2D eigenvalue weighted by molar-refractivity contribution is -0.125. The van der Waals surface area contributed by atoms with Gasteiger partial charge in [0.2, 0.25) is 5.91 Å². The van der Waals surface area contributed by atoms with Gasteiger partial charge in [-0.1, -0.05) is 6.07 Å². The SMILES string of the molecule is NCCOCC(=O)NCc1ccc(N2CCOCC2)nc1. The fourth-order valence-electron chi connectivity index (χ4n) is 2.00. The maximum absolute atomic E-state index is 11.5. The largest absolute Gasteiger partial charge is 0.378 e. The van der Waals surface area contributed by atoms with Crippen molar-refractivity contribution in [3.05, 3.63) is 23.9 Å². The van der Waals surface area contributed by atoms with E-state index in [2.05, 4.69) is 15.2 Å². The lowest BCUT2D eigenvalue weighted by Gasteiger charge is -2.27. The first-order chi connectivity index (χ1) is 10.3. The number of hydrogen-bond acceptors (Lipinski definition) is 6. The minimum absolute atomic E-state index is 0.0382. The summed E-state index contributed by atoms with van der Waals surface area (Å²) < 4.78 is 10.4. The van der Waals surface area contributed by atoms with E-state index in [-0.39, 0.29) is 12.5 Å². The first-order valence-corrected chi connectivity index (χ1v) is 7.11. The summed E-state index contributed by atoms with van der Waals surface area (Å²) in [6, 6.07) is 3.94. The van der Waals surface area contributed by atoms with E-state index in [4.69, 9.17) is 15.2 Å². The summed E-state index contributed by atoms with van der Waals surface area (Å²) in [4.78, 5) is 18.1. The molecule has 0 saturated carbocycles. The second kappa shape index (κ2) is 8.56. The van der Waals surface area contributed by atoms with Gasteiger partial charge in [-0.2, -0.15) is 0 Å². The number of rotatable bonds is 7. The van der Waals surface area contributed by atoms with Crippen molar-refractivity contribution in [2.75, 3.05) is 51.0 Å². The molecule has 0 unspecified atom stereocenters. The third-order valence-electron chi connectivity index (χ3n) is 3.13. The van der Waals surface area contributed by atoms with E-state index in [1.54, 1.807) is 6.20 Å². The maximum Gasteiger partial charge on any atom is 0.246 e. The van der Waals surface area contributed by atoms with E-state index in [0.717, 1.165) is 37.7 Å². The van der Waals surface area contributed by atoms with E-state index >= 15 is 0 Å². The molecule has 7 heteroatoms. The van der Waals surface area contributed by atoms with Gasteiger partial charge in [-0.15, -0.1) is 0 Å². The highest BCUT2D eigenvalue weighted by molar-refractivity contribution is 5.77. The van der Waals surface area contributed by atoms with Crippen molar-refractivity contribution >= 4 is 11.7 Å². The Morgan fingerprint density at radius 1 is 1.43 bits per heavy atom. The van der Waals surface area contributed by atoms with Gasteiger partial charge in [0.05, 0.1) is 19.8 Å².